The van der Waals surface area contributed by atoms with Gasteiger partial charge in [0.2, 0.25) is 0 Å². The van der Waals surface area contributed by atoms with Gasteiger partial charge >= 0.3 is 5.97 Å². The maximum Gasteiger partial charge on any atom is 0.335 e. The van der Waals surface area contributed by atoms with E-state index in [4.69, 9.17) is 5.11 Å². The summed E-state index contributed by atoms with van der Waals surface area (Å²) in [7, 11) is -1.38. The van der Waals surface area contributed by atoms with Gasteiger partial charge in [-0.1, -0.05) is 6.92 Å². The Labute approximate surface area is 98.4 Å². The van der Waals surface area contributed by atoms with Gasteiger partial charge in [0.15, 0.2) is 0 Å². The van der Waals surface area contributed by atoms with Gasteiger partial charge in [0.05, 0.1) is 10.5 Å². The van der Waals surface area contributed by atoms with Crippen molar-refractivity contribution in [3.05, 3.63) is 28.2 Å². The van der Waals surface area contributed by atoms with E-state index in [0.717, 1.165) is 0 Å². The third kappa shape index (κ3) is 3.12. The molecule has 0 aliphatic carbocycles. The first kappa shape index (κ1) is 12.4. The smallest absolute Gasteiger partial charge is 0.335 e. The number of nitrogens with one attached hydrogen (secondary N) is 1. The van der Waals surface area contributed by atoms with Crippen molar-refractivity contribution in [2.24, 2.45) is 0 Å². The number of rotatable bonds is 4. The van der Waals surface area contributed by atoms with Crippen molar-refractivity contribution in [2.45, 2.75) is 11.8 Å². The second kappa shape index (κ2) is 5.39. The predicted octanol–water partition coefficient (Wildman–Crippen LogP) is 1.78. The van der Waals surface area contributed by atoms with Crippen LogP contribution in [0.1, 0.15) is 17.3 Å². The Balaban J connectivity index is 3.10. The highest BCUT2D eigenvalue weighted by molar-refractivity contribution is 9.10. The van der Waals surface area contributed by atoms with Crippen LogP contribution in [0.5, 0.6) is 0 Å². The largest absolute Gasteiger partial charge is 0.478 e. The summed E-state index contributed by atoms with van der Waals surface area (Å²) in [5.74, 6) is -1.03. The van der Waals surface area contributed by atoms with Crippen LogP contribution < -0.4 is 4.72 Å². The summed E-state index contributed by atoms with van der Waals surface area (Å²) in [5, 5.41) is 8.78. The van der Waals surface area contributed by atoms with Crippen molar-refractivity contribution < 1.29 is 14.1 Å². The van der Waals surface area contributed by atoms with Crippen LogP contribution in [-0.2, 0) is 11.0 Å². The lowest BCUT2D eigenvalue weighted by Gasteiger charge is -2.05. The van der Waals surface area contributed by atoms with Crippen LogP contribution in [0.3, 0.4) is 0 Å². The van der Waals surface area contributed by atoms with Gasteiger partial charge in [-0.25, -0.2) is 13.7 Å². The number of carboxylic acids is 1. The minimum Gasteiger partial charge on any atom is -0.478 e. The van der Waals surface area contributed by atoms with Crippen LogP contribution in [0, 0.1) is 0 Å². The Morgan fingerprint density at radius 2 is 2.27 bits per heavy atom. The van der Waals surface area contributed by atoms with Crippen molar-refractivity contribution in [3.63, 3.8) is 0 Å². The zero-order chi connectivity index (χ0) is 11.4. The lowest BCUT2D eigenvalue weighted by molar-refractivity contribution is 0.0696. The molecule has 1 unspecified atom stereocenters. The number of benzene rings is 1. The van der Waals surface area contributed by atoms with Gasteiger partial charge < -0.3 is 5.11 Å². The zero-order valence-electron chi connectivity index (χ0n) is 7.99. The average Bonchev–Trinajstić information content (AvgIpc) is 2.18. The molecule has 2 N–H and O–H groups in total. The van der Waals surface area contributed by atoms with E-state index in [1.54, 1.807) is 6.07 Å². The first-order valence-corrected chi connectivity index (χ1v) is 6.18. The molecule has 0 aliphatic heterocycles. The molecule has 0 fully saturated rings. The minimum atomic E-state index is -1.38. The molecule has 0 spiro atoms. The van der Waals surface area contributed by atoms with Gasteiger partial charge in [-0.15, -0.1) is 0 Å². The van der Waals surface area contributed by atoms with Gasteiger partial charge in [-0.3, -0.25) is 0 Å². The summed E-state index contributed by atoms with van der Waals surface area (Å²) in [6.07, 6.45) is 0. The van der Waals surface area contributed by atoms with Gasteiger partial charge in [-0.2, -0.15) is 0 Å². The number of carbonyl (C=O) groups is 1. The average molecular weight is 292 g/mol. The molecule has 0 saturated carbocycles. The van der Waals surface area contributed by atoms with E-state index in [-0.39, 0.29) is 5.56 Å². The summed E-state index contributed by atoms with van der Waals surface area (Å²) in [4.78, 5) is 11.2. The SMILES string of the molecule is CCNS(=O)c1cc(C(=O)O)ccc1Br. The number of carboxylic acid groups (broad SMARTS) is 1. The molecular formula is C9H10BrNO3S. The lowest BCUT2D eigenvalue weighted by atomic mass is 10.2. The molecular weight excluding hydrogens is 282 g/mol. The fourth-order valence-corrected chi connectivity index (χ4v) is 2.57. The monoisotopic (exact) mass is 291 g/mol. The standard InChI is InChI=1S/C9H10BrNO3S/c1-2-11-15(14)8-5-6(9(12)13)3-4-7(8)10/h3-5,11H,2H2,1H3,(H,12,13). The van der Waals surface area contributed by atoms with E-state index in [1.165, 1.54) is 12.1 Å². The molecule has 15 heavy (non-hydrogen) atoms. The third-order valence-electron chi connectivity index (χ3n) is 1.65. The Kier molecular flexibility index (Phi) is 4.44. The van der Waals surface area contributed by atoms with Crippen LogP contribution >= 0.6 is 15.9 Å². The van der Waals surface area contributed by atoms with E-state index in [2.05, 4.69) is 20.7 Å². The van der Waals surface area contributed by atoms with Gasteiger partial charge in [-0.05, 0) is 34.1 Å². The molecule has 0 amide bonds. The lowest BCUT2D eigenvalue weighted by Crippen LogP contribution is -2.17. The number of hydrogen-bond acceptors (Lipinski definition) is 2. The quantitative estimate of drug-likeness (QED) is 0.889. The molecule has 0 saturated heterocycles. The second-order valence-corrected chi connectivity index (χ2v) is 4.84. The molecule has 1 atom stereocenters. The van der Waals surface area contributed by atoms with Crippen molar-refractivity contribution in [2.75, 3.05) is 6.54 Å². The van der Waals surface area contributed by atoms with Crippen molar-refractivity contribution in [1.82, 2.24) is 4.72 Å². The molecule has 1 aromatic rings. The minimum absolute atomic E-state index is 0.124. The van der Waals surface area contributed by atoms with Crippen LogP contribution in [-0.4, -0.2) is 21.8 Å². The first-order valence-electron chi connectivity index (χ1n) is 4.24. The van der Waals surface area contributed by atoms with Gasteiger partial charge in [0.25, 0.3) is 0 Å². The molecule has 0 heterocycles. The molecule has 0 bridgehead atoms. The molecule has 4 nitrogen and oxygen atoms in total. The molecule has 1 aromatic carbocycles. The van der Waals surface area contributed by atoms with E-state index < -0.39 is 17.0 Å². The van der Waals surface area contributed by atoms with E-state index >= 15 is 0 Å². The Morgan fingerprint density at radius 1 is 1.60 bits per heavy atom. The normalized spacial score (nSPS) is 12.4. The fraction of sp³-hybridized carbons (Fsp3) is 0.222. The van der Waals surface area contributed by atoms with Crippen LogP contribution in [0.25, 0.3) is 0 Å². The number of aromatic carboxylic acids is 1. The Hall–Kier alpha value is -0.720. The summed E-state index contributed by atoms with van der Waals surface area (Å²) < 4.78 is 15.0. The summed E-state index contributed by atoms with van der Waals surface area (Å²) >= 11 is 3.22. The van der Waals surface area contributed by atoms with Crippen molar-refractivity contribution >= 4 is 32.9 Å². The topological polar surface area (TPSA) is 66.4 Å². The molecule has 82 valence electrons. The maximum absolute atomic E-state index is 11.6. The van der Waals surface area contributed by atoms with Crippen molar-refractivity contribution in [1.29, 1.82) is 0 Å². The first-order chi connectivity index (χ1) is 7.06. The van der Waals surface area contributed by atoms with Crippen molar-refractivity contribution in [3.8, 4) is 0 Å². The highest BCUT2D eigenvalue weighted by Gasteiger charge is 2.11. The second-order valence-electron chi connectivity index (χ2n) is 2.72. The highest BCUT2D eigenvalue weighted by atomic mass is 79.9. The van der Waals surface area contributed by atoms with Crippen LogP contribution in [0.2, 0.25) is 0 Å². The molecule has 0 radical (unpaired) electrons. The van der Waals surface area contributed by atoms with Crippen LogP contribution in [0.15, 0.2) is 27.6 Å². The molecule has 6 heteroatoms. The fourth-order valence-electron chi connectivity index (χ4n) is 0.987. The molecule has 1 rings (SSSR count). The van der Waals surface area contributed by atoms with E-state index in [9.17, 15) is 9.00 Å². The van der Waals surface area contributed by atoms with E-state index in [0.29, 0.717) is 15.9 Å². The number of hydrogen-bond donors (Lipinski definition) is 2. The zero-order valence-corrected chi connectivity index (χ0v) is 10.4. The highest BCUT2D eigenvalue weighted by Crippen LogP contribution is 2.21. The summed E-state index contributed by atoms with van der Waals surface area (Å²) in [6.45, 7) is 2.38. The van der Waals surface area contributed by atoms with Gasteiger partial charge in [0, 0.05) is 11.0 Å². The number of halogens is 1. The molecule has 0 aliphatic rings. The Bertz CT molecular complexity index is 408. The summed E-state index contributed by atoms with van der Waals surface area (Å²) in [5.41, 5.74) is 0.124. The summed E-state index contributed by atoms with van der Waals surface area (Å²) in [6, 6.07) is 4.43. The third-order valence-corrected chi connectivity index (χ3v) is 3.90. The molecule has 0 aromatic heterocycles. The predicted molar refractivity (Wildman–Crippen MR) is 61.2 cm³/mol. The van der Waals surface area contributed by atoms with E-state index in [1.807, 2.05) is 6.92 Å². The Morgan fingerprint density at radius 3 is 2.80 bits per heavy atom. The maximum atomic E-state index is 11.6. The van der Waals surface area contributed by atoms with Gasteiger partial charge in [0.1, 0.15) is 11.0 Å². The van der Waals surface area contributed by atoms with Crippen LogP contribution in [0.4, 0.5) is 0 Å².